The Morgan fingerprint density at radius 1 is 1.55 bits per heavy atom. The number of nitrogens with one attached hydrogen (secondary N) is 1. The first-order valence-electron chi connectivity index (χ1n) is 6.97. The maximum atomic E-state index is 12.2. The monoisotopic (exact) mass is 284 g/mol. The Bertz CT molecular complexity index is 372. The first kappa shape index (κ1) is 16.5. The molecule has 1 rings (SSSR count). The summed E-state index contributed by atoms with van der Waals surface area (Å²) in [5.74, 6) is -0.717. The summed E-state index contributed by atoms with van der Waals surface area (Å²) in [6.45, 7) is 5.82. The summed E-state index contributed by atoms with van der Waals surface area (Å²) >= 11 is 0. The van der Waals surface area contributed by atoms with Gasteiger partial charge in [-0.05, 0) is 18.8 Å². The lowest BCUT2D eigenvalue weighted by molar-refractivity contribution is -0.146. The minimum atomic E-state index is -1.19. The van der Waals surface area contributed by atoms with Gasteiger partial charge in [0.1, 0.15) is 5.54 Å². The minimum absolute atomic E-state index is 0.156. The number of aliphatic carboxylic acids is 1. The molecule has 6 nitrogen and oxygen atoms in total. The van der Waals surface area contributed by atoms with Crippen LogP contribution in [0, 0.1) is 5.92 Å². The lowest BCUT2D eigenvalue weighted by Gasteiger charge is -2.38. The van der Waals surface area contributed by atoms with Crippen LogP contribution in [0.5, 0.6) is 0 Å². The molecule has 3 N–H and O–H groups in total. The van der Waals surface area contributed by atoms with E-state index in [0.717, 1.165) is 12.8 Å². The van der Waals surface area contributed by atoms with Crippen LogP contribution in [-0.2, 0) is 4.79 Å². The second-order valence-corrected chi connectivity index (χ2v) is 5.48. The topological polar surface area (TPSA) is 89.9 Å². The highest BCUT2D eigenvalue weighted by molar-refractivity contribution is 5.86. The third-order valence-electron chi connectivity index (χ3n) is 3.76. The van der Waals surface area contributed by atoms with E-state index in [2.05, 4.69) is 11.9 Å². The number of aliphatic hydroxyl groups excluding tert-OH is 1. The number of carbonyl (C=O) groups is 2. The van der Waals surface area contributed by atoms with Gasteiger partial charge < -0.3 is 20.4 Å². The van der Waals surface area contributed by atoms with Gasteiger partial charge >= 0.3 is 12.0 Å². The van der Waals surface area contributed by atoms with Gasteiger partial charge in [0.05, 0.1) is 6.61 Å². The van der Waals surface area contributed by atoms with Crippen molar-refractivity contribution in [2.75, 3.05) is 19.7 Å². The second-order valence-electron chi connectivity index (χ2n) is 5.48. The van der Waals surface area contributed by atoms with Crippen molar-refractivity contribution in [3.05, 3.63) is 12.7 Å². The molecule has 0 bridgehead atoms. The normalized spacial score (nSPS) is 25.8. The number of carbonyl (C=O) groups excluding carboxylic acids is 1. The van der Waals surface area contributed by atoms with Crippen LogP contribution in [0.4, 0.5) is 4.79 Å². The molecule has 0 spiro atoms. The first-order chi connectivity index (χ1) is 9.45. The lowest BCUT2D eigenvalue weighted by atomic mass is 9.76. The molecule has 0 radical (unpaired) electrons. The standard InChI is InChI=1S/C14H24N2O4/c1-3-7-16(8-9-17)13(20)15-14(12(18)19)6-4-5-11(2)10-14/h3,11,17H,1,4-10H2,2H3,(H,15,20)(H,18,19). The van der Waals surface area contributed by atoms with E-state index in [9.17, 15) is 14.7 Å². The number of urea groups is 1. The third kappa shape index (κ3) is 3.96. The van der Waals surface area contributed by atoms with Crippen LogP contribution in [0.25, 0.3) is 0 Å². The fourth-order valence-corrected chi connectivity index (χ4v) is 2.75. The summed E-state index contributed by atoms with van der Waals surface area (Å²) in [4.78, 5) is 25.2. The van der Waals surface area contributed by atoms with Crippen molar-refractivity contribution in [1.82, 2.24) is 10.2 Å². The zero-order valence-corrected chi connectivity index (χ0v) is 12.0. The Morgan fingerprint density at radius 2 is 2.25 bits per heavy atom. The Balaban J connectivity index is 2.81. The fraction of sp³-hybridized carbons (Fsp3) is 0.714. The van der Waals surface area contributed by atoms with Crippen LogP contribution in [0.1, 0.15) is 32.6 Å². The maximum Gasteiger partial charge on any atom is 0.329 e. The van der Waals surface area contributed by atoms with Crippen molar-refractivity contribution in [2.24, 2.45) is 5.92 Å². The van der Waals surface area contributed by atoms with Gasteiger partial charge in [0.15, 0.2) is 0 Å². The average molecular weight is 284 g/mol. The number of amides is 2. The highest BCUT2D eigenvalue weighted by Gasteiger charge is 2.43. The molecule has 0 aromatic heterocycles. The number of aliphatic hydroxyl groups is 1. The Labute approximate surface area is 119 Å². The number of rotatable bonds is 6. The molecule has 0 aromatic carbocycles. The zero-order chi connectivity index (χ0) is 15.2. The molecule has 0 aliphatic heterocycles. The number of nitrogens with zero attached hydrogens (tertiary/aromatic N) is 1. The molecule has 2 unspecified atom stereocenters. The van der Waals surface area contributed by atoms with E-state index in [0.29, 0.717) is 12.8 Å². The zero-order valence-electron chi connectivity index (χ0n) is 12.0. The van der Waals surface area contributed by atoms with Crippen LogP contribution in [0.3, 0.4) is 0 Å². The number of hydrogen-bond donors (Lipinski definition) is 3. The Hall–Kier alpha value is -1.56. The summed E-state index contributed by atoms with van der Waals surface area (Å²) in [6.07, 6.45) is 4.20. The van der Waals surface area contributed by atoms with Gasteiger partial charge in [-0.2, -0.15) is 0 Å². The minimum Gasteiger partial charge on any atom is -0.480 e. The predicted molar refractivity (Wildman–Crippen MR) is 75.4 cm³/mol. The van der Waals surface area contributed by atoms with Crippen LogP contribution in [0.2, 0.25) is 0 Å². The number of carboxylic acid groups (broad SMARTS) is 1. The molecular formula is C14H24N2O4. The number of hydrogen-bond acceptors (Lipinski definition) is 3. The van der Waals surface area contributed by atoms with Crippen molar-refractivity contribution in [3.8, 4) is 0 Å². The summed E-state index contributed by atoms with van der Waals surface area (Å²) in [5.41, 5.74) is -1.19. The molecule has 114 valence electrons. The van der Waals surface area contributed by atoms with Crippen molar-refractivity contribution < 1.29 is 19.8 Å². The first-order valence-corrected chi connectivity index (χ1v) is 6.97. The molecule has 20 heavy (non-hydrogen) atoms. The van der Waals surface area contributed by atoms with Gasteiger partial charge in [-0.15, -0.1) is 6.58 Å². The van der Waals surface area contributed by atoms with Gasteiger partial charge in [0.25, 0.3) is 0 Å². The third-order valence-corrected chi connectivity index (χ3v) is 3.76. The van der Waals surface area contributed by atoms with Gasteiger partial charge in [-0.1, -0.05) is 25.8 Å². The van der Waals surface area contributed by atoms with Crippen LogP contribution < -0.4 is 5.32 Å². The molecule has 6 heteroatoms. The van der Waals surface area contributed by atoms with Gasteiger partial charge in [0, 0.05) is 13.1 Å². The van der Waals surface area contributed by atoms with Crippen molar-refractivity contribution >= 4 is 12.0 Å². The Morgan fingerprint density at radius 3 is 2.75 bits per heavy atom. The van der Waals surface area contributed by atoms with Crippen molar-refractivity contribution in [1.29, 1.82) is 0 Å². The molecule has 0 heterocycles. The van der Waals surface area contributed by atoms with Crippen molar-refractivity contribution in [2.45, 2.75) is 38.1 Å². The van der Waals surface area contributed by atoms with Gasteiger partial charge in [-0.3, -0.25) is 0 Å². The van der Waals surface area contributed by atoms with E-state index in [4.69, 9.17) is 5.11 Å². The molecule has 1 aliphatic carbocycles. The second kappa shape index (κ2) is 7.28. The molecule has 2 amide bonds. The fourth-order valence-electron chi connectivity index (χ4n) is 2.75. The van der Waals surface area contributed by atoms with Crippen LogP contribution in [-0.4, -0.2) is 52.3 Å². The van der Waals surface area contributed by atoms with Gasteiger partial charge in [0.2, 0.25) is 0 Å². The molecule has 1 aliphatic rings. The van der Waals surface area contributed by atoms with E-state index >= 15 is 0 Å². The van der Waals surface area contributed by atoms with E-state index in [-0.39, 0.29) is 25.6 Å². The quantitative estimate of drug-likeness (QED) is 0.639. The number of carboxylic acids is 1. The molecule has 0 aromatic rings. The molecule has 0 saturated heterocycles. The molecule has 1 fully saturated rings. The average Bonchev–Trinajstić information content (AvgIpc) is 2.38. The van der Waals surface area contributed by atoms with Gasteiger partial charge in [-0.25, -0.2) is 9.59 Å². The van der Waals surface area contributed by atoms with E-state index in [1.807, 2.05) is 6.92 Å². The summed E-state index contributed by atoms with van der Waals surface area (Å²) < 4.78 is 0. The summed E-state index contributed by atoms with van der Waals surface area (Å²) in [5, 5.41) is 21.1. The Kier molecular flexibility index (Phi) is 6.01. The molecular weight excluding hydrogens is 260 g/mol. The predicted octanol–water partition coefficient (Wildman–Crippen LogP) is 1.21. The van der Waals surface area contributed by atoms with Crippen LogP contribution in [0.15, 0.2) is 12.7 Å². The van der Waals surface area contributed by atoms with E-state index in [1.54, 1.807) is 6.08 Å². The van der Waals surface area contributed by atoms with E-state index in [1.165, 1.54) is 4.90 Å². The highest BCUT2D eigenvalue weighted by Crippen LogP contribution is 2.32. The summed E-state index contributed by atoms with van der Waals surface area (Å²) in [6, 6.07) is -0.463. The smallest absolute Gasteiger partial charge is 0.329 e. The molecule has 1 saturated carbocycles. The van der Waals surface area contributed by atoms with E-state index < -0.39 is 17.5 Å². The lowest BCUT2D eigenvalue weighted by Crippen LogP contribution is -2.60. The highest BCUT2D eigenvalue weighted by atomic mass is 16.4. The van der Waals surface area contributed by atoms with Crippen LogP contribution >= 0.6 is 0 Å². The largest absolute Gasteiger partial charge is 0.480 e. The van der Waals surface area contributed by atoms with Crippen molar-refractivity contribution in [3.63, 3.8) is 0 Å². The maximum absolute atomic E-state index is 12.2. The molecule has 2 atom stereocenters. The summed E-state index contributed by atoms with van der Waals surface area (Å²) in [7, 11) is 0. The SMILES string of the molecule is C=CCN(CCO)C(=O)NC1(C(=O)O)CCCC(C)C1.